The molecule has 16 heavy (non-hydrogen) atoms. The van der Waals surface area contributed by atoms with Crippen LogP contribution in [0.3, 0.4) is 0 Å². The van der Waals surface area contributed by atoms with Crippen molar-refractivity contribution in [3.8, 4) is 0 Å². The van der Waals surface area contributed by atoms with Gasteiger partial charge in [0.05, 0.1) is 17.2 Å². The molecule has 0 spiro atoms. The van der Waals surface area contributed by atoms with Crippen LogP contribution in [-0.4, -0.2) is 29.7 Å². The zero-order chi connectivity index (χ0) is 11.8. The first-order chi connectivity index (χ1) is 7.46. The fourth-order valence-corrected chi connectivity index (χ4v) is 3.67. The summed E-state index contributed by atoms with van der Waals surface area (Å²) in [6.45, 7) is 0. The van der Waals surface area contributed by atoms with Gasteiger partial charge in [0.1, 0.15) is 15.7 Å². The van der Waals surface area contributed by atoms with Gasteiger partial charge in [-0.1, -0.05) is 0 Å². The van der Waals surface area contributed by atoms with E-state index in [0.717, 1.165) is 25.0 Å². The van der Waals surface area contributed by atoms with Gasteiger partial charge in [-0.15, -0.1) is 0 Å². The first-order valence-electron chi connectivity index (χ1n) is 5.45. The maximum absolute atomic E-state index is 11.3. The van der Waals surface area contributed by atoms with Gasteiger partial charge < -0.3 is 5.73 Å². The van der Waals surface area contributed by atoms with Crippen LogP contribution < -0.4 is 5.73 Å². The summed E-state index contributed by atoms with van der Waals surface area (Å²) in [5.74, 6) is 1.72. The highest BCUT2D eigenvalue weighted by atomic mass is 32.2. The number of anilines is 1. The molecule has 1 saturated heterocycles. The maximum atomic E-state index is 11.3. The zero-order valence-electron chi connectivity index (χ0n) is 9.39. The number of nitrogens with two attached hydrogens (primary N) is 1. The molecule has 90 valence electrons. The Bertz CT molecular complexity index is 445. The molecule has 0 bridgehead atoms. The van der Waals surface area contributed by atoms with Gasteiger partial charge in [-0.05, 0) is 25.2 Å². The molecule has 0 unspecified atom stereocenters. The Morgan fingerprint density at radius 3 is 2.62 bits per heavy atom. The average molecular weight is 243 g/mol. The van der Waals surface area contributed by atoms with Gasteiger partial charge in [0.25, 0.3) is 0 Å². The van der Waals surface area contributed by atoms with Gasteiger partial charge in [-0.3, -0.25) is 4.68 Å². The van der Waals surface area contributed by atoms with Crippen molar-refractivity contribution >= 4 is 15.7 Å². The SMILES string of the molecule is Cn1nc(CC2CCS(=O)(=O)CC2)cc1N. The first kappa shape index (κ1) is 11.4. The summed E-state index contributed by atoms with van der Waals surface area (Å²) in [7, 11) is -0.952. The van der Waals surface area contributed by atoms with Crippen molar-refractivity contribution in [2.24, 2.45) is 13.0 Å². The Hall–Kier alpha value is -1.04. The van der Waals surface area contributed by atoms with Crippen molar-refractivity contribution in [1.82, 2.24) is 9.78 Å². The molecule has 0 aliphatic carbocycles. The average Bonchev–Trinajstić information content (AvgIpc) is 2.50. The van der Waals surface area contributed by atoms with E-state index in [1.807, 2.05) is 13.1 Å². The number of nitrogens with zero attached hydrogens (tertiary/aromatic N) is 2. The predicted octanol–water partition coefficient (Wildman–Crippen LogP) is 0.370. The summed E-state index contributed by atoms with van der Waals surface area (Å²) in [6, 6.07) is 1.86. The molecule has 0 aromatic carbocycles. The number of hydrogen-bond donors (Lipinski definition) is 1. The van der Waals surface area contributed by atoms with Crippen LogP contribution in [0, 0.1) is 5.92 Å². The summed E-state index contributed by atoms with van der Waals surface area (Å²) >= 11 is 0. The van der Waals surface area contributed by atoms with Gasteiger partial charge in [-0.25, -0.2) is 8.42 Å². The molecule has 0 amide bonds. The molecule has 0 saturated carbocycles. The standard InChI is InChI=1S/C10H17N3O2S/c1-13-10(11)7-9(12-13)6-8-2-4-16(14,15)5-3-8/h7-8H,2-6,11H2,1H3. The molecule has 1 aromatic heterocycles. The monoisotopic (exact) mass is 243 g/mol. The second kappa shape index (κ2) is 4.08. The topological polar surface area (TPSA) is 78.0 Å². The van der Waals surface area contributed by atoms with Crippen molar-refractivity contribution in [3.05, 3.63) is 11.8 Å². The van der Waals surface area contributed by atoms with E-state index in [1.54, 1.807) is 4.68 Å². The molecule has 0 atom stereocenters. The lowest BCUT2D eigenvalue weighted by molar-refractivity contribution is 0.457. The van der Waals surface area contributed by atoms with E-state index in [1.165, 1.54) is 0 Å². The summed E-state index contributed by atoms with van der Waals surface area (Å²) in [5, 5.41) is 4.28. The van der Waals surface area contributed by atoms with E-state index >= 15 is 0 Å². The van der Waals surface area contributed by atoms with Crippen LogP contribution in [-0.2, 0) is 23.3 Å². The fraction of sp³-hybridized carbons (Fsp3) is 0.700. The van der Waals surface area contributed by atoms with Gasteiger partial charge in [0.2, 0.25) is 0 Å². The lowest BCUT2D eigenvalue weighted by Crippen LogP contribution is -2.24. The van der Waals surface area contributed by atoms with Crippen LogP contribution in [0.1, 0.15) is 18.5 Å². The van der Waals surface area contributed by atoms with E-state index in [4.69, 9.17) is 5.73 Å². The number of aromatic nitrogens is 2. The third-order valence-electron chi connectivity index (χ3n) is 3.14. The minimum Gasteiger partial charge on any atom is -0.384 e. The number of hydrogen-bond acceptors (Lipinski definition) is 4. The minimum absolute atomic E-state index is 0.319. The molecule has 5 nitrogen and oxygen atoms in total. The third-order valence-corrected chi connectivity index (χ3v) is 4.85. The molecule has 1 aliphatic heterocycles. The smallest absolute Gasteiger partial charge is 0.150 e. The molecule has 1 aromatic rings. The summed E-state index contributed by atoms with van der Waals surface area (Å²) in [4.78, 5) is 0. The van der Waals surface area contributed by atoms with Crippen LogP contribution in [0.4, 0.5) is 5.82 Å². The lowest BCUT2D eigenvalue weighted by Gasteiger charge is -2.20. The molecule has 2 rings (SSSR count). The maximum Gasteiger partial charge on any atom is 0.150 e. The molecule has 2 heterocycles. The second-order valence-corrected chi connectivity index (χ2v) is 6.79. The molecule has 2 N–H and O–H groups in total. The van der Waals surface area contributed by atoms with Crippen LogP contribution in [0.5, 0.6) is 0 Å². The summed E-state index contributed by atoms with van der Waals surface area (Å²) in [6.07, 6.45) is 2.33. The lowest BCUT2D eigenvalue weighted by atomic mass is 9.97. The van der Waals surface area contributed by atoms with E-state index in [2.05, 4.69) is 5.10 Å². The quantitative estimate of drug-likeness (QED) is 0.814. The van der Waals surface area contributed by atoms with Crippen molar-refractivity contribution < 1.29 is 8.42 Å². The van der Waals surface area contributed by atoms with E-state index in [9.17, 15) is 8.42 Å². The Balaban J connectivity index is 1.97. The van der Waals surface area contributed by atoms with Crippen molar-refractivity contribution in [2.45, 2.75) is 19.3 Å². The van der Waals surface area contributed by atoms with Crippen LogP contribution in [0.25, 0.3) is 0 Å². The second-order valence-electron chi connectivity index (χ2n) is 4.48. The van der Waals surface area contributed by atoms with E-state index in [-0.39, 0.29) is 0 Å². The molecule has 0 radical (unpaired) electrons. The van der Waals surface area contributed by atoms with Gasteiger partial charge in [-0.2, -0.15) is 5.10 Å². The Kier molecular flexibility index (Phi) is 2.92. The van der Waals surface area contributed by atoms with E-state index < -0.39 is 9.84 Å². The highest BCUT2D eigenvalue weighted by Gasteiger charge is 2.24. The number of sulfone groups is 1. The summed E-state index contributed by atoms with van der Waals surface area (Å²) < 4.78 is 24.2. The predicted molar refractivity (Wildman–Crippen MR) is 62.7 cm³/mol. The third kappa shape index (κ3) is 2.55. The minimum atomic E-state index is -2.76. The van der Waals surface area contributed by atoms with Gasteiger partial charge >= 0.3 is 0 Å². The van der Waals surface area contributed by atoms with Crippen molar-refractivity contribution in [3.63, 3.8) is 0 Å². The number of aryl methyl sites for hydroxylation is 1. The van der Waals surface area contributed by atoms with Crippen LogP contribution >= 0.6 is 0 Å². The summed E-state index contributed by atoms with van der Waals surface area (Å²) in [5.41, 5.74) is 6.66. The molecule has 6 heteroatoms. The highest BCUT2D eigenvalue weighted by Crippen LogP contribution is 2.22. The number of nitrogen functional groups attached to an aromatic ring is 1. The molecular weight excluding hydrogens is 226 g/mol. The Labute approximate surface area is 95.6 Å². The van der Waals surface area contributed by atoms with Gasteiger partial charge in [0, 0.05) is 13.1 Å². The number of rotatable bonds is 2. The Morgan fingerprint density at radius 1 is 1.50 bits per heavy atom. The first-order valence-corrected chi connectivity index (χ1v) is 7.27. The highest BCUT2D eigenvalue weighted by molar-refractivity contribution is 7.91. The largest absolute Gasteiger partial charge is 0.384 e. The normalized spacial score (nSPS) is 21.1. The van der Waals surface area contributed by atoms with Crippen LogP contribution in [0.15, 0.2) is 6.07 Å². The molecule has 1 fully saturated rings. The van der Waals surface area contributed by atoms with Gasteiger partial charge in [0.15, 0.2) is 0 Å². The zero-order valence-corrected chi connectivity index (χ0v) is 10.2. The molecular formula is C10H17N3O2S. The Morgan fingerprint density at radius 2 is 2.12 bits per heavy atom. The van der Waals surface area contributed by atoms with Crippen molar-refractivity contribution in [1.29, 1.82) is 0 Å². The van der Waals surface area contributed by atoms with Crippen molar-refractivity contribution in [2.75, 3.05) is 17.2 Å². The molecule has 1 aliphatic rings. The van der Waals surface area contributed by atoms with E-state index in [0.29, 0.717) is 23.2 Å². The van der Waals surface area contributed by atoms with Crippen LogP contribution in [0.2, 0.25) is 0 Å². The fourth-order valence-electron chi connectivity index (χ4n) is 2.08.